The van der Waals surface area contributed by atoms with Crippen molar-refractivity contribution in [2.75, 3.05) is 13.2 Å². The van der Waals surface area contributed by atoms with Crippen LogP contribution in [0.2, 0.25) is 0 Å². The molecular weight excluding hydrogens is 380 g/mol. The summed E-state index contributed by atoms with van der Waals surface area (Å²) in [6.45, 7) is 4.38. The topological polar surface area (TPSA) is 97.4 Å². The average molecular weight is 404 g/mol. The fraction of sp³-hybridized carbons (Fsp3) is 0.476. The van der Waals surface area contributed by atoms with Gasteiger partial charge in [0.1, 0.15) is 5.75 Å². The fourth-order valence-corrected chi connectivity index (χ4v) is 3.03. The average Bonchev–Trinajstić information content (AvgIpc) is 2.74. The summed E-state index contributed by atoms with van der Waals surface area (Å²) in [5.41, 5.74) is 0.0927. The van der Waals surface area contributed by atoms with Crippen LogP contribution in [0, 0.1) is 0 Å². The van der Waals surface area contributed by atoms with Gasteiger partial charge < -0.3 is 23.7 Å². The number of carbonyl (C=O) groups is 3. The van der Waals surface area contributed by atoms with Gasteiger partial charge in [0.2, 0.25) is 12.6 Å². The first-order chi connectivity index (χ1) is 14.0. The second-order valence-corrected chi connectivity index (χ2v) is 6.77. The molecule has 2 atom stereocenters. The number of ether oxygens (including phenoxy) is 5. The molecule has 2 aliphatic heterocycles. The highest BCUT2D eigenvalue weighted by Crippen LogP contribution is 2.23. The van der Waals surface area contributed by atoms with E-state index < -0.39 is 30.5 Å². The van der Waals surface area contributed by atoms with Gasteiger partial charge in [-0.25, -0.2) is 14.4 Å². The molecule has 8 nitrogen and oxygen atoms in total. The lowest BCUT2D eigenvalue weighted by molar-refractivity contribution is -0.131. The van der Waals surface area contributed by atoms with Crippen LogP contribution in [-0.4, -0.2) is 43.7 Å². The summed E-state index contributed by atoms with van der Waals surface area (Å²) in [4.78, 5) is 36.7. The zero-order chi connectivity index (χ0) is 20.6. The smallest absolute Gasteiger partial charge is 0.340 e. The maximum absolute atomic E-state index is 12.5. The van der Waals surface area contributed by atoms with Crippen molar-refractivity contribution in [3.05, 3.63) is 42.0 Å². The third kappa shape index (κ3) is 6.13. The van der Waals surface area contributed by atoms with Gasteiger partial charge in [0.05, 0.1) is 24.3 Å². The van der Waals surface area contributed by atoms with Crippen molar-refractivity contribution in [1.29, 1.82) is 0 Å². The van der Waals surface area contributed by atoms with E-state index in [0.29, 0.717) is 26.1 Å². The highest BCUT2D eigenvalue weighted by Gasteiger charge is 2.24. The molecule has 0 aromatic heterocycles. The lowest BCUT2D eigenvalue weighted by Gasteiger charge is -2.23. The molecule has 2 unspecified atom stereocenters. The zero-order valence-corrected chi connectivity index (χ0v) is 16.1. The minimum Gasteiger partial charge on any atom is -0.432 e. The van der Waals surface area contributed by atoms with E-state index in [1.165, 1.54) is 18.2 Å². The predicted octanol–water partition coefficient (Wildman–Crippen LogP) is 3.14. The van der Waals surface area contributed by atoms with Gasteiger partial charge in [-0.1, -0.05) is 6.58 Å². The summed E-state index contributed by atoms with van der Waals surface area (Å²) in [5, 5.41) is 0. The molecule has 29 heavy (non-hydrogen) atoms. The van der Waals surface area contributed by atoms with Crippen molar-refractivity contribution < 1.29 is 38.1 Å². The van der Waals surface area contributed by atoms with Gasteiger partial charge in [-0.3, -0.25) is 0 Å². The molecule has 8 heteroatoms. The Hall–Kier alpha value is -2.71. The highest BCUT2D eigenvalue weighted by molar-refractivity contribution is 5.96. The van der Waals surface area contributed by atoms with Crippen molar-refractivity contribution in [2.24, 2.45) is 0 Å². The van der Waals surface area contributed by atoms with E-state index in [9.17, 15) is 14.4 Å². The Kier molecular flexibility index (Phi) is 7.37. The lowest BCUT2D eigenvalue weighted by atomic mass is 10.1. The summed E-state index contributed by atoms with van der Waals surface area (Å²) in [6.07, 6.45) is 4.54. The van der Waals surface area contributed by atoms with Gasteiger partial charge in [-0.05, 0) is 43.9 Å². The van der Waals surface area contributed by atoms with Crippen molar-refractivity contribution in [1.82, 2.24) is 0 Å². The van der Waals surface area contributed by atoms with Gasteiger partial charge in [-0.2, -0.15) is 0 Å². The Bertz CT molecular complexity index is 710. The Labute approximate surface area is 168 Å². The Morgan fingerprint density at radius 1 is 0.862 bits per heavy atom. The Balaban J connectivity index is 1.78. The quantitative estimate of drug-likeness (QED) is 0.405. The molecule has 0 aliphatic carbocycles. The standard InChI is InChI=1S/C21H24O8/c1-2-17(22)27-16-12-14(20(23)28-18-7-3-5-9-25-18)11-15(13-16)21(24)29-19-8-4-6-10-26-19/h2,11-13,18-19H,1,3-10H2. The fourth-order valence-electron chi connectivity index (χ4n) is 3.03. The highest BCUT2D eigenvalue weighted by atomic mass is 16.7. The second kappa shape index (κ2) is 10.2. The number of esters is 3. The third-order valence-electron chi connectivity index (χ3n) is 4.52. The van der Waals surface area contributed by atoms with Gasteiger partial charge >= 0.3 is 17.9 Å². The van der Waals surface area contributed by atoms with Crippen molar-refractivity contribution >= 4 is 17.9 Å². The van der Waals surface area contributed by atoms with Crippen LogP contribution < -0.4 is 4.74 Å². The minimum atomic E-state index is -0.721. The van der Waals surface area contributed by atoms with E-state index in [1.807, 2.05) is 0 Å². The van der Waals surface area contributed by atoms with Crippen LogP contribution in [0.4, 0.5) is 0 Å². The number of carbonyl (C=O) groups excluding carboxylic acids is 3. The molecule has 0 spiro atoms. The Morgan fingerprint density at radius 2 is 1.38 bits per heavy atom. The van der Waals surface area contributed by atoms with E-state index in [-0.39, 0.29) is 16.9 Å². The molecular formula is C21H24O8. The van der Waals surface area contributed by atoms with Crippen LogP contribution in [0.3, 0.4) is 0 Å². The van der Waals surface area contributed by atoms with E-state index >= 15 is 0 Å². The molecule has 3 rings (SSSR count). The predicted molar refractivity (Wildman–Crippen MR) is 100 cm³/mol. The number of hydrogen-bond donors (Lipinski definition) is 0. The van der Waals surface area contributed by atoms with Crippen LogP contribution in [0.15, 0.2) is 30.9 Å². The maximum Gasteiger partial charge on any atom is 0.340 e. The molecule has 0 amide bonds. The first-order valence-corrected chi connectivity index (χ1v) is 9.69. The molecule has 2 aliphatic rings. The molecule has 1 aromatic rings. The minimum absolute atomic E-state index is 0.00502. The number of rotatable bonds is 6. The summed E-state index contributed by atoms with van der Waals surface area (Å²) in [6, 6.07) is 3.97. The summed E-state index contributed by atoms with van der Waals surface area (Å²) >= 11 is 0. The van der Waals surface area contributed by atoms with E-state index in [4.69, 9.17) is 23.7 Å². The molecule has 0 radical (unpaired) electrons. The SMILES string of the molecule is C=CC(=O)Oc1cc(C(=O)OC2CCCCO2)cc(C(=O)OC2CCCCO2)c1. The first-order valence-electron chi connectivity index (χ1n) is 9.69. The van der Waals surface area contributed by atoms with Gasteiger partial charge in [0, 0.05) is 18.9 Å². The number of hydrogen-bond acceptors (Lipinski definition) is 8. The van der Waals surface area contributed by atoms with Gasteiger partial charge in [0.15, 0.2) is 0 Å². The summed E-state index contributed by atoms with van der Waals surface area (Å²) in [7, 11) is 0. The lowest BCUT2D eigenvalue weighted by Crippen LogP contribution is -2.26. The van der Waals surface area contributed by atoms with Crippen LogP contribution in [0.5, 0.6) is 5.75 Å². The van der Waals surface area contributed by atoms with Crippen LogP contribution in [0.1, 0.15) is 59.2 Å². The normalized spacial score (nSPS) is 21.7. The van der Waals surface area contributed by atoms with Gasteiger partial charge in [-0.15, -0.1) is 0 Å². The Morgan fingerprint density at radius 3 is 1.79 bits per heavy atom. The van der Waals surface area contributed by atoms with Gasteiger partial charge in [0.25, 0.3) is 0 Å². The zero-order valence-electron chi connectivity index (χ0n) is 16.1. The van der Waals surface area contributed by atoms with Crippen LogP contribution in [-0.2, 0) is 23.7 Å². The van der Waals surface area contributed by atoms with Crippen molar-refractivity contribution in [2.45, 2.75) is 51.1 Å². The molecule has 0 N–H and O–H groups in total. The van der Waals surface area contributed by atoms with Crippen LogP contribution in [0.25, 0.3) is 0 Å². The molecule has 0 saturated carbocycles. The molecule has 2 heterocycles. The van der Waals surface area contributed by atoms with E-state index in [1.54, 1.807) is 0 Å². The second-order valence-electron chi connectivity index (χ2n) is 6.77. The molecule has 1 aromatic carbocycles. The van der Waals surface area contributed by atoms with Crippen molar-refractivity contribution in [3.63, 3.8) is 0 Å². The largest absolute Gasteiger partial charge is 0.432 e. The van der Waals surface area contributed by atoms with Crippen molar-refractivity contribution in [3.8, 4) is 5.75 Å². The summed E-state index contributed by atoms with van der Waals surface area (Å²) < 4.78 is 26.6. The van der Waals surface area contributed by atoms with E-state index in [2.05, 4.69) is 6.58 Å². The molecule has 2 fully saturated rings. The summed E-state index contributed by atoms with van der Waals surface area (Å²) in [5.74, 6) is -2.08. The maximum atomic E-state index is 12.5. The van der Waals surface area contributed by atoms with E-state index in [0.717, 1.165) is 31.8 Å². The third-order valence-corrected chi connectivity index (χ3v) is 4.52. The molecule has 0 bridgehead atoms. The monoisotopic (exact) mass is 404 g/mol. The first kappa shape index (κ1) is 21.0. The number of benzene rings is 1. The molecule has 156 valence electrons. The molecule has 2 saturated heterocycles. The van der Waals surface area contributed by atoms with Crippen LogP contribution >= 0.6 is 0 Å².